The third-order valence-corrected chi connectivity index (χ3v) is 7.39. The average molecular weight is 498 g/mol. The summed E-state index contributed by atoms with van der Waals surface area (Å²) in [6.45, 7) is 0. The van der Waals surface area contributed by atoms with E-state index in [2.05, 4.69) is 5.43 Å². The molecule has 1 aliphatic rings. The van der Waals surface area contributed by atoms with Gasteiger partial charge >= 0.3 is 5.97 Å². The molecular weight excluding hydrogens is 466 g/mol. The lowest BCUT2D eigenvalue weighted by atomic mass is 10.1. The Bertz CT molecular complexity index is 823. The number of thioether (sulfide) groups is 2. The summed E-state index contributed by atoms with van der Waals surface area (Å²) in [5, 5.41) is 20.4. The molecule has 2 N–H and O–H groups in total. The van der Waals surface area contributed by atoms with Crippen LogP contribution in [0, 0.1) is 10.1 Å². The van der Waals surface area contributed by atoms with Crippen LogP contribution in [0.2, 0.25) is 0 Å². The van der Waals surface area contributed by atoms with Crippen LogP contribution in [-0.2, 0) is 14.4 Å². The molecule has 0 aliphatic carbocycles. The van der Waals surface area contributed by atoms with Gasteiger partial charge in [-0.15, -0.1) is 11.8 Å². The maximum atomic E-state index is 12.3. The zero-order valence-electron chi connectivity index (χ0n) is 18.6. The minimum atomic E-state index is -0.762. The SMILES string of the molecule is O=C(O)CSCCCCCCCCCCC(=O)NN1C(=O)CS[C@@H]1c1cccc([N+](=O)[O-])c1. The van der Waals surface area contributed by atoms with Crippen molar-refractivity contribution in [1.29, 1.82) is 0 Å². The van der Waals surface area contributed by atoms with Crippen LogP contribution in [0.3, 0.4) is 0 Å². The van der Waals surface area contributed by atoms with E-state index in [1.54, 1.807) is 12.1 Å². The van der Waals surface area contributed by atoms with Crippen LogP contribution >= 0.6 is 23.5 Å². The van der Waals surface area contributed by atoms with Crippen LogP contribution in [0.1, 0.15) is 68.7 Å². The Morgan fingerprint density at radius 1 is 1.15 bits per heavy atom. The molecule has 2 amide bonds. The summed E-state index contributed by atoms with van der Waals surface area (Å²) in [4.78, 5) is 45.5. The van der Waals surface area contributed by atoms with Crippen LogP contribution in [-0.4, -0.2) is 50.1 Å². The first-order valence-electron chi connectivity index (χ1n) is 11.2. The first-order chi connectivity index (χ1) is 15.9. The maximum Gasteiger partial charge on any atom is 0.313 e. The molecule has 2 rings (SSSR count). The van der Waals surface area contributed by atoms with E-state index in [-0.39, 0.29) is 29.0 Å². The van der Waals surface area contributed by atoms with Crippen molar-refractivity contribution in [3.8, 4) is 0 Å². The summed E-state index contributed by atoms with van der Waals surface area (Å²) in [5.41, 5.74) is 3.25. The molecule has 33 heavy (non-hydrogen) atoms. The standard InChI is InChI=1S/C22H31N3O6S2/c26-19(12-7-5-3-1-2-4-6-8-13-32-16-21(28)29)23-24-20(27)15-33-22(24)17-10-9-11-18(14-17)25(30)31/h9-11,14,22H,1-8,12-13,15-16H2,(H,23,26)(H,28,29)/t22-/m1/s1. The number of benzene rings is 1. The van der Waals surface area contributed by atoms with Gasteiger partial charge in [0, 0.05) is 18.6 Å². The molecule has 9 nitrogen and oxygen atoms in total. The molecule has 1 aromatic rings. The van der Waals surface area contributed by atoms with Gasteiger partial charge in [-0.05, 0) is 24.2 Å². The van der Waals surface area contributed by atoms with Crippen LogP contribution in [0.15, 0.2) is 24.3 Å². The smallest absolute Gasteiger partial charge is 0.313 e. The van der Waals surface area contributed by atoms with Crippen molar-refractivity contribution in [2.24, 2.45) is 0 Å². The number of nitro groups is 1. The summed E-state index contributed by atoms with van der Waals surface area (Å²) in [7, 11) is 0. The first kappa shape index (κ1) is 27.0. The molecular formula is C22H31N3O6S2. The Morgan fingerprint density at radius 3 is 2.48 bits per heavy atom. The monoisotopic (exact) mass is 497 g/mol. The van der Waals surface area contributed by atoms with Gasteiger partial charge in [0.2, 0.25) is 5.91 Å². The quantitative estimate of drug-likeness (QED) is 0.194. The number of nitro benzene ring substituents is 1. The zero-order valence-corrected chi connectivity index (χ0v) is 20.2. The topological polar surface area (TPSA) is 130 Å². The van der Waals surface area contributed by atoms with Crippen LogP contribution in [0.5, 0.6) is 0 Å². The molecule has 1 atom stereocenters. The van der Waals surface area contributed by atoms with Crippen molar-refractivity contribution in [3.05, 3.63) is 39.9 Å². The number of carbonyl (C=O) groups excluding carboxylic acids is 2. The Morgan fingerprint density at radius 2 is 1.82 bits per heavy atom. The molecule has 1 aliphatic heterocycles. The number of carboxylic acid groups (broad SMARTS) is 1. The Balaban J connectivity index is 1.60. The van der Waals surface area contributed by atoms with E-state index in [1.165, 1.54) is 40.7 Å². The number of unbranched alkanes of at least 4 members (excludes halogenated alkanes) is 7. The number of aliphatic carboxylic acids is 1. The summed E-state index contributed by atoms with van der Waals surface area (Å²) >= 11 is 2.79. The van der Waals surface area contributed by atoms with Gasteiger partial charge in [-0.1, -0.05) is 50.7 Å². The molecule has 1 heterocycles. The van der Waals surface area contributed by atoms with Gasteiger partial charge in [0.05, 0.1) is 16.4 Å². The van der Waals surface area contributed by atoms with E-state index in [4.69, 9.17) is 5.11 Å². The number of hydrogen-bond acceptors (Lipinski definition) is 7. The highest BCUT2D eigenvalue weighted by atomic mass is 32.2. The van der Waals surface area contributed by atoms with Crippen molar-refractivity contribution in [1.82, 2.24) is 10.4 Å². The number of hydrogen-bond donors (Lipinski definition) is 2. The predicted molar refractivity (Wildman–Crippen MR) is 130 cm³/mol. The van der Waals surface area contributed by atoms with Gasteiger partial charge in [0.15, 0.2) is 0 Å². The molecule has 0 unspecified atom stereocenters. The normalized spacial score (nSPS) is 15.6. The van der Waals surface area contributed by atoms with E-state index in [9.17, 15) is 24.5 Å². The van der Waals surface area contributed by atoms with Crippen molar-refractivity contribution in [2.45, 2.75) is 63.2 Å². The van der Waals surface area contributed by atoms with Gasteiger partial charge in [-0.3, -0.25) is 29.9 Å². The summed E-state index contributed by atoms with van der Waals surface area (Å²) in [5.74, 6) is 0.0782. The molecule has 0 aromatic heterocycles. The Kier molecular flexibility index (Phi) is 12.1. The third-order valence-electron chi connectivity index (χ3n) is 5.15. The number of amides is 2. The van der Waals surface area contributed by atoms with Crippen LogP contribution < -0.4 is 5.43 Å². The number of nitrogens with one attached hydrogen (secondary N) is 1. The molecule has 1 fully saturated rings. The number of rotatable bonds is 16. The molecule has 182 valence electrons. The third kappa shape index (κ3) is 10.0. The number of carboxylic acids is 1. The largest absolute Gasteiger partial charge is 0.481 e. The van der Waals surface area contributed by atoms with Gasteiger partial charge in [-0.2, -0.15) is 11.8 Å². The number of hydrazine groups is 1. The van der Waals surface area contributed by atoms with Gasteiger partial charge in [0.1, 0.15) is 5.37 Å². The highest BCUT2D eigenvalue weighted by molar-refractivity contribution is 8.00. The Hall–Kier alpha value is -2.27. The summed E-state index contributed by atoms with van der Waals surface area (Å²) in [6, 6.07) is 6.13. The molecule has 0 radical (unpaired) electrons. The fourth-order valence-corrected chi connectivity index (χ4v) is 5.31. The second kappa shape index (κ2) is 14.8. The van der Waals surface area contributed by atoms with Gasteiger partial charge < -0.3 is 5.11 Å². The van der Waals surface area contributed by atoms with E-state index in [0.29, 0.717) is 12.0 Å². The molecule has 11 heteroatoms. The highest BCUT2D eigenvalue weighted by Gasteiger charge is 2.34. The number of nitrogens with zero attached hydrogens (tertiary/aromatic N) is 2. The minimum absolute atomic E-state index is 0.0456. The lowest BCUT2D eigenvalue weighted by molar-refractivity contribution is -0.384. The lowest BCUT2D eigenvalue weighted by Gasteiger charge is -2.24. The van der Waals surface area contributed by atoms with Crippen LogP contribution in [0.25, 0.3) is 0 Å². The first-order valence-corrected chi connectivity index (χ1v) is 13.4. The van der Waals surface area contributed by atoms with E-state index in [0.717, 1.165) is 57.1 Å². The van der Waals surface area contributed by atoms with Gasteiger partial charge in [0.25, 0.3) is 11.6 Å². The molecule has 1 aromatic carbocycles. The molecule has 0 saturated carbocycles. The number of non-ortho nitro benzene ring substituents is 1. The lowest BCUT2D eigenvalue weighted by Crippen LogP contribution is -2.44. The average Bonchev–Trinajstić information content (AvgIpc) is 3.14. The summed E-state index contributed by atoms with van der Waals surface area (Å²) in [6.07, 6.45) is 8.62. The van der Waals surface area contributed by atoms with Crippen LogP contribution in [0.4, 0.5) is 5.69 Å². The van der Waals surface area contributed by atoms with Gasteiger partial charge in [-0.25, -0.2) is 5.01 Å². The molecule has 1 saturated heterocycles. The van der Waals surface area contributed by atoms with Crippen molar-refractivity contribution >= 4 is 47.0 Å². The molecule has 0 spiro atoms. The van der Waals surface area contributed by atoms with E-state index >= 15 is 0 Å². The zero-order chi connectivity index (χ0) is 24.1. The van der Waals surface area contributed by atoms with Crippen molar-refractivity contribution in [2.75, 3.05) is 17.3 Å². The minimum Gasteiger partial charge on any atom is -0.481 e. The van der Waals surface area contributed by atoms with E-state index in [1.807, 2.05) is 0 Å². The number of carbonyl (C=O) groups is 3. The highest BCUT2D eigenvalue weighted by Crippen LogP contribution is 2.38. The van der Waals surface area contributed by atoms with E-state index < -0.39 is 16.3 Å². The Labute approximate surface area is 202 Å². The predicted octanol–water partition coefficient (Wildman–Crippen LogP) is 4.53. The fraction of sp³-hybridized carbons (Fsp3) is 0.591. The maximum absolute atomic E-state index is 12.3. The second-order valence-electron chi connectivity index (χ2n) is 7.84. The second-order valence-corrected chi connectivity index (χ2v) is 10.0. The molecule has 0 bridgehead atoms. The summed E-state index contributed by atoms with van der Waals surface area (Å²) < 4.78 is 0. The van der Waals surface area contributed by atoms with Crippen molar-refractivity contribution < 1.29 is 24.4 Å². The fourth-order valence-electron chi connectivity index (χ4n) is 3.48. The van der Waals surface area contributed by atoms with Crippen molar-refractivity contribution in [3.63, 3.8) is 0 Å².